The molecule has 160 valence electrons. The molecule has 1 aliphatic rings. The number of nitrogens with zero attached hydrogens (tertiary/aromatic N) is 6. The van der Waals surface area contributed by atoms with Gasteiger partial charge in [0.15, 0.2) is 5.76 Å². The van der Waals surface area contributed by atoms with Gasteiger partial charge < -0.3 is 9.42 Å². The highest BCUT2D eigenvalue weighted by Crippen LogP contribution is 2.26. The molecule has 1 fully saturated rings. The minimum absolute atomic E-state index is 0.114. The van der Waals surface area contributed by atoms with Gasteiger partial charge in [-0.15, -0.1) is 11.3 Å². The Morgan fingerprint density at radius 1 is 1.20 bits per heavy atom. The molecule has 4 heterocycles. The van der Waals surface area contributed by atoms with E-state index in [2.05, 4.69) is 15.2 Å². The highest BCUT2D eigenvalue weighted by atomic mass is 32.2. The maximum atomic E-state index is 13.1. The molecule has 12 heteroatoms. The van der Waals surface area contributed by atoms with E-state index in [4.69, 9.17) is 4.52 Å². The molecule has 1 saturated heterocycles. The van der Waals surface area contributed by atoms with Crippen LogP contribution in [0.2, 0.25) is 0 Å². The molecule has 10 nitrogen and oxygen atoms in total. The highest BCUT2D eigenvalue weighted by molar-refractivity contribution is 7.89. The topological polar surface area (TPSA) is 114 Å². The summed E-state index contributed by atoms with van der Waals surface area (Å²) in [6, 6.07) is 0. The van der Waals surface area contributed by atoms with Crippen LogP contribution >= 0.6 is 11.3 Å². The Hall–Kier alpha value is -2.57. The van der Waals surface area contributed by atoms with Crippen LogP contribution in [-0.2, 0) is 17.1 Å². The fourth-order valence-electron chi connectivity index (χ4n) is 3.51. The second kappa shape index (κ2) is 7.93. The number of hydrogen-bond acceptors (Lipinski definition) is 8. The van der Waals surface area contributed by atoms with E-state index in [0.717, 1.165) is 10.6 Å². The maximum Gasteiger partial charge on any atom is 0.273 e. The van der Waals surface area contributed by atoms with Gasteiger partial charge in [-0.1, -0.05) is 5.16 Å². The van der Waals surface area contributed by atoms with E-state index in [9.17, 15) is 13.2 Å². The van der Waals surface area contributed by atoms with E-state index in [1.165, 1.54) is 15.6 Å². The summed E-state index contributed by atoms with van der Waals surface area (Å²) >= 11 is 1.38. The van der Waals surface area contributed by atoms with Gasteiger partial charge >= 0.3 is 0 Å². The number of hydrogen-bond donors (Lipinski definition) is 0. The zero-order valence-corrected chi connectivity index (χ0v) is 18.5. The third kappa shape index (κ3) is 3.77. The van der Waals surface area contributed by atoms with Crippen molar-refractivity contribution < 1.29 is 17.7 Å². The first-order valence-corrected chi connectivity index (χ1v) is 11.8. The summed E-state index contributed by atoms with van der Waals surface area (Å²) in [4.78, 5) is 19.2. The van der Waals surface area contributed by atoms with Crippen LogP contribution < -0.4 is 0 Å². The fourth-order valence-corrected chi connectivity index (χ4v) is 6.04. The van der Waals surface area contributed by atoms with Crippen LogP contribution in [0.1, 0.15) is 28.4 Å². The first-order valence-electron chi connectivity index (χ1n) is 9.44. The SMILES string of the molecule is Cc1noc(C)c1S(=O)(=O)N1CCCN(C(=O)c2csc(-c3cnn(C)c3)n2)CC1. The number of thiazole rings is 1. The lowest BCUT2D eigenvalue weighted by atomic mass is 10.3. The van der Waals surface area contributed by atoms with E-state index in [1.807, 2.05) is 13.2 Å². The number of amides is 1. The predicted octanol–water partition coefficient (Wildman–Crippen LogP) is 1.69. The Kier molecular flexibility index (Phi) is 5.47. The summed E-state index contributed by atoms with van der Waals surface area (Å²) in [6.07, 6.45) is 4.08. The molecular formula is C18H22N6O4S2. The van der Waals surface area contributed by atoms with Crippen LogP contribution in [0.15, 0.2) is 27.2 Å². The van der Waals surface area contributed by atoms with E-state index < -0.39 is 10.0 Å². The largest absolute Gasteiger partial charge is 0.360 e. The molecule has 3 aromatic heterocycles. The molecule has 30 heavy (non-hydrogen) atoms. The molecule has 4 rings (SSSR count). The molecule has 0 atom stereocenters. The van der Waals surface area contributed by atoms with Gasteiger partial charge in [0.2, 0.25) is 10.0 Å². The van der Waals surface area contributed by atoms with Crippen molar-refractivity contribution in [3.8, 4) is 10.6 Å². The average molecular weight is 451 g/mol. The molecule has 3 aromatic rings. The minimum atomic E-state index is -3.73. The zero-order valence-electron chi connectivity index (χ0n) is 16.9. The molecule has 0 aliphatic carbocycles. The summed E-state index contributed by atoms with van der Waals surface area (Å²) in [5.74, 6) is 0.0769. The van der Waals surface area contributed by atoms with Gasteiger partial charge in [-0.05, 0) is 20.3 Å². The third-order valence-electron chi connectivity index (χ3n) is 4.98. The van der Waals surface area contributed by atoms with E-state index >= 15 is 0 Å². The van der Waals surface area contributed by atoms with Gasteiger partial charge in [0.1, 0.15) is 21.3 Å². The normalized spacial score (nSPS) is 16.0. The van der Waals surface area contributed by atoms with Crippen molar-refractivity contribution in [3.05, 3.63) is 34.9 Å². The number of carbonyl (C=O) groups is 1. The number of aryl methyl sites for hydroxylation is 3. The van der Waals surface area contributed by atoms with Crippen LogP contribution in [-0.4, -0.2) is 69.6 Å². The number of carbonyl (C=O) groups excluding carboxylic acids is 1. The Bertz CT molecular complexity index is 1160. The molecular weight excluding hydrogens is 428 g/mol. The Morgan fingerprint density at radius 2 is 2.00 bits per heavy atom. The maximum absolute atomic E-state index is 13.1. The quantitative estimate of drug-likeness (QED) is 0.594. The van der Waals surface area contributed by atoms with Crippen LogP contribution in [0.5, 0.6) is 0 Å². The summed E-state index contributed by atoms with van der Waals surface area (Å²) in [5.41, 5.74) is 1.56. The van der Waals surface area contributed by atoms with Crippen LogP contribution in [0.25, 0.3) is 10.6 Å². The highest BCUT2D eigenvalue weighted by Gasteiger charge is 2.33. The first-order chi connectivity index (χ1) is 14.3. The van der Waals surface area contributed by atoms with Crippen molar-refractivity contribution in [2.75, 3.05) is 26.2 Å². The number of aromatic nitrogens is 4. The third-order valence-corrected chi connectivity index (χ3v) is 8.02. The lowest BCUT2D eigenvalue weighted by Gasteiger charge is -2.21. The van der Waals surface area contributed by atoms with Crippen molar-refractivity contribution >= 4 is 27.3 Å². The van der Waals surface area contributed by atoms with Crippen molar-refractivity contribution in [2.45, 2.75) is 25.2 Å². The monoisotopic (exact) mass is 450 g/mol. The molecule has 0 aromatic carbocycles. The Morgan fingerprint density at radius 3 is 2.67 bits per heavy atom. The molecule has 1 aliphatic heterocycles. The van der Waals surface area contributed by atoms with Crippen LogP contribution in [0.4, 0.5) is 0 Å². The van der Waals surface area contributed by atoms with Gasteiger partial charge in [0.25, 0.3) is 5.91 Å². The molecule has 0 spiro atoms. The summed E-state index contributed by atoms with van der Waals surface area (Å²) in [6.45, 7) is 4.49. The zero-order chi connectivity index (χ0) is 21.5. The lowest BCUT2D eigenvalue weighted by molar-refractivity contribution is 0.0759. The van der Waals surface area contributed by atoms with Crippen molar-refractivity contribution in [1.29, 1.82) is 0 Å². The Labute approximate surface area is 178 Å². The van der Waals surface area contributed by atoms with Gasteiger partial charge in [-0.2, -0.15) is 9.40 Å². The van der Waals surface area contributed by atoms with Gasteiger partial charge in [-0.3, -0.25) is 9.48 Å². The summed E-state index contributed by atoms with van der Waals surface area (Å²) in [7, 11) is -1.91. The van der Waals surface area contributed by atoms with Gasteiger partial charge in [0.05, 0.1) is 6.20 Å². The standard InChI is InChI=1S/C18H22N6O4S2/c1-12-16(13(2)28-21-12)30(26,27)24-6-4-5-23(7-8-24)18(25)15-11-29-17(20-15)14-9-19-22(3)10-14/h9-11H,4-8H2,1-3H3. The van der Waals surface area contributed by atoms with Crippen molar-refractivity contribution in [2.24, 2.45) is 7.05 Å². The van der Waals surface area contributed by atoms with Crippen LogP contribution in [0.3, 0.4) is 0 Å². The summed E-state index contributed by atoms with van der Waals surface area (Å²) < 4.78 is 34.2. The molecule has 0 radical (unpaired) electrons. The first kappa shape index (κ1) is 20.7. The van der Waals surface area contributed by atoms with E-state index in [0.29, 0.717) is 37.4 Å². The molecule has 0 bridgehead atoms. The number of rotatable bonds is 4. The second-order valence-corrected chi connectivity index (χ2v) is 9.88. The summed E-state index contributed by atoms with van der Waals surface area (Å²) in [5, 5.41) is 10.3. The molecule has 0 saturated carbocycles. The van der Waals surface area contributed by atoms with Crippen molar-refractivity contribution in [1.82, 2.24) is 29.1 Å². The van der Waals surface area contributed by atoms with E-state index in [-0.39, 0.29) is 23.1 Å². The predicted molar refractivity (Wildman–Crippen MR) is 110 cm³/mol. The molecule has 0 N–H and O–H groups in total. The van der Waals surface area contributed by atoms with Gasteiger partial charge in [0, 0.05) is 50.4 Å². The number of sulfonamides is 1. The smallest absolute Gasteiger partial charge is 0.273 e. The molecule has 1 amide bonds. The van der Waals surface area contributed by atoms with Gasteiger partial charge in [-0.25, -0.2) is 13.4 Å². The second-order valence-electron chi connectivity index (χ2n) is 7.14. The average Bonchev–Trinajstić information content (AvgIpc) is 3.37. The minimum Gasteiger partial charge on any atom is -0.360 e. The van der Waals surface area contributed by atoms with Crippen LogP contribution in [0, 0.1) is 13.8 Å². The van der Waals surface area contributed by atoms with E-state index in [1.54, 1.807) is 35.0 Å². The fraction of sp³-hybridized carbons (Fsp3) is 0.444. The van der Waals surface area contributed by atoms with Crippen molar-refractivity contribution in [3.63, 3.8) is 0 Å². The lowest BCUT2D eigenvalue weighted by Crippen LogP contribution is -2.37. The molecule has 0 unspecified atom stereocenters. The Balaban J connectivity index is 1.48.